The van der Waals surface area contributed by atoms with Crippen molar-refractivity contribution in [1.82, 2.24) is 0 Å². The van der Waals surface area contributed by atoms with Gasteiger partial charge in [0.2, 0.25) is 0 Å². The highest BCUT2D eigenvalue weighted by atomic mass is 16.7. The van der Waals surface area contributed by atoms with Crippen molar-refractivity contribution in [2.24, 2.45) is 5.41 Å². The van der Waals surface area contributed by atoms with Crippen molar-refractivity contribution in [2.75, 3.05) is 13.2 Å². The summed E-state index contributed by atoms with van der Waals surface area (Å²) in [6, 6.07) is 0. The van der Waals surface area contributed by atoms with E-state index in [-0.39, 0.29) is 11.7 Å². The molecule has 0 aromatic rings. The lowest BCUT2D eigenvalue weighted by Crippen LogP contribution is -2.35. The third kappa shape index (κ3) is 3.94. The molecule has 2 aliphatic rings. The standard InChI is InChI=1S/C14H26O3/c1-14(8-9-15)7-4-5-12(11-14)17-13-6-2-3-10-16-13/h12-13,15H,2-11H2,1H3/t12?,13?,14-/m0/s1. The average molecular weight is 242 g/mol. The fraction of sp³-hybridized carbons (Fsp3) is 1.00. The van der Waals surface area contributed by atoms with Gasteiger partial charge in [-0.1, -0.05) is 13.3 Å². The first-order valence-electron chi connectivity index (χ1n) is 7.10. The van der Waals surface area contributed by atoms with Gasteiger partial charge < -0.3 is 14.6 Å². The summed E-state index contributed by atoms with van der Waals surface area (Å²) in [6.45, 7) is 3.43. The largest absolute Gasteiger partial charge is 0.396 e. The maximum Gasteiger partial charge on any atom is 0.157 e. The number of hydrogen-bond acceptors (Lipinski definition) is 3. The summed E-state index contributed by atoms with van der Waals surface area (Å²) in [7, 11) is 0. The van der Waals surface area contributed by atoms with Gasteiger partial charge in [-0.05, 0) is 50.4 Å². The first-order chi connectivity index (χ1) is 8.22. The van der Waals surface area contributed by atoms with E-state index < -0.39 is 0 Å². The number of ether oxygens (including phenoxy) is 2. The predicted molar refractivity (Wildman–Crippen MR) is 66.7 cm³/mol. The third-order valence-corrected chi connectivity index (χ3v) is 4.22. The first kappa shape index (κ1) is 13.3. The Labute approximate surface area is 104 Å². The van der Waals surface area contributed by atoms with Crippen molar-refractivity contribution in [3.8, 4) is 0 Å². The molecule has 0 radical (unpaired) electrons. The van der Waals surface area contributed by atoms with Crippen LogP contribution < -0.4 is 0 Å². The number of hydrogen-bond donors (Lipinski definition) is 1. The van der Waals surface area contributed by atoms with Gasteiger partial charge in [0.15, 0.2) is 6.29 Å². The molecule has 0 aromatic heterocycles. The van der Waals surface area contributed by atoms with Crippen molar-refractivity contribution in [1.29, 1.82) is 0 Å². The zero-order valence-corrected chi connectivity index (χ0v) is 11.0. The highest BCUT2D eigenvalue weighted by molar-refractivity contribution is 4.83. The Morgan fingerprint density at radius 1 is 1.29 bits per heavy atom. The fourth-order valence-electron chi connectivity index (χ4n) is 3.16. The third-order valence-electron chi connectivity index (χ3n) is 4.22. The summed E-state index contributed by atoms with van der Waals surface area (Å²) in [6.07, 6.45) is 9.39. The van der Waals surface area contributed by atoms with Crippen LogP contribution >= 0.6 is 0 Å². The second kappa shape index (κ2) is 6.17. The summed E-state index contributed by atoms with van der Waals surface area (Å²) in [5.74, 6) is 0. The van der Waals surface area contributed by atoms with Crippen LogP contribution in [0.5, 0.6) is 0 Å². The van der Waals surface area contributed by atoms with Crippen LogP contribution in [0.15, 0.2) is 0 Å². The summed E-state index contributed by atoms with van der Waals surface area (Å²) in [5, 5.41) is 9.13. The normalized spacial score (nSPS) is 39.2. The average Bonchev–Trinajstić information content (AvgIpc) is 2.30. The molecule has 1 aliphatic carbocycles. The Bertz CT molecular complexity index is 222. The van der Waals surface area contributed by atoms with E-state index >= 15 is 0 Å². The maximum absolute atomic E-state index is 9.13. The van der Waals surface area contributed by atoms with Crippen molar-refractivity contribution >= 4 is 0 Å². The molecule has 0 aromatic carbocycles. The maximum atomic E-state index is 9.13. The molecule has 1 saturated heterocycles. The minimum Gasteiger partial charge on any atom is -0.396 e. The Kier molecular flexibility index (Phi) is 4.83. The number of aliphatic hydroxyl groups is 1. The van der Waals surface area contributed by atoms with Gasteiger partial charge in [-0.2, -0.15) is 0 Å². The van der Waals surface area contributed by atoms with Crippen LogP contribution in [0, 0.1) is 5.41 Å². The Balaban J connectivity index is 1.80. The van der Waals surface area contributed by atoms with Crippen molar-refractivity contribution in [3.63, 3.8) is 0 Å². The molecule has 3 nitrogen and oxygen atoms in total. The van der Waals surface area contributed by atoms with Crippen LogP contribution in [0.3, 0.4) is 0 Å². The lowest BCUT2D eigenvalue weighted by molar-refractivity contribution is -0.200. The van der Waals surface area contributed by atoms with E-state index in [2.05, 4.69) is 6.92 Å². The lowest BCUT2D eigenvalue weighted by Gasteiger charge is -2.39. The van der Waals surface area contributed by atoms with Crippen molar-refractivity contribution in [3.05, 3.63) is 0 Å². The van der Waals surface area contributed by atoms with Crippen LogP contribution in [0.1, 0.15) is 58.3 Å². The smallest absolute Gasteiger partial charge is 0.157 e. The summed E-state index contributed by atoms with van der Waals surface area (Å²) < 4.78 is 11.7. The van der Waals surface area contributed by atoms with Gasteiger partial charge in [-0.3, -0.25) is 0 Å². The van der Waals surface area contributed by atoms with Crippen LogP contribution in [0.2, 0.25) is 0 Å². The molecule has 100 valence electrons. The minimum absolute atomic E-state index is 0.0326. The predicted octanol–water partition coefficient (Wildman–Crippen LogP) is 2.86. The Morgan fingerprint density at radius 2 is 2.18 bits per heavy atom. The van der Waals surface area contributed by atoms with Gasteiger partial charge in [0.1, 0.15) is 0 Å². The highest BCUT2D eigenvalue weighted by Gasteiger charge is 2.33. The number of aliphatic hydroxyl groups excluding tert-OH is 1. The molecule has 1 saturated carbocycles. The SMILES string of the molecule is C[C@@]1(CCO)CCCC(OC2CCCCO2)C1. The molecule has 17 heavy (non-hydrogen) atoms. The van der Waals surface area contributed by atoms with Crippen LogP contribution in [-0.2, 0) is 9.47 Å². The van der Waals surface area contributed by atoms with E-state index in [1.807, 2.05) is 0 Å². The van der Waals surface area contributed by atoms with Crippen LogP contribution in [-0.4, -0.2) is 30.7 Å². The van der Waals surface area contributed by atoms with E-state index in [0.29, 0.717) is 12.7 Å². The molecule has 1 N–H and O–H groups in total. The van der Waals surface area contributed by atoms with Crippen molar-refractivity contribution < 1.29 is 14.6 Å². The van der Waals surface area contributed by atoms with E-state index in [1.165, 1.54) is 25.7 Å². The summed E-state index contributed by atoms with van der Waals surface area (Å²) in [4.78, 5) is 0. The Morgan fingerprint density at radius 3 is 2.88 bits per heavy atom. The fourth-order valence-corrected chi connectivity index (χ4v) is 3.16. The zero-order chi connectivity index (χ0) is 12.1. The van der Waals surface area contributed by atoms with E-state index in [9.17, 15) is 0 Å². The zero-order valence-electron chi connectivity index (χ0n) is 11.0. The van der Waals surface area contributed by atoms with Gasteiger partial charge in [0.05, 0.1) is 6.10 Å². The lowest BCUT2D eigenvalue weighted by atomic mass is 9.72. The number of rotatable bonds is 4. The first-order valence-corrected chi connectivity index (χ1v) is 7.10. The molecule has 2 fully saturated rings. The molecule has 0 spiro atoms. The van der Waals surface area contributed by atoms with Gasteiger partial charge in [-0.15, -0.1) is 0 Å². The molecule has 3 atom stereocenters. The second-order valence-electron chi connectivity index (χ2n) is 5.93. The summed E-state index contributed by atoms with van der Waals surface area (Å²) >= 11 is 0. The minimum atomic E-state index is 0.0326. The molecule has 0 amide bonds. The highest BCUT2D eigenvalue weighted by Crippen LogP contribution is 2.40. The summed E-state index contributed by atoms with van der Waals surface area (Å²) in [5.41, 5.74) is 0.270. The topological polar surface area (TPSA) is 38.7 Å². The van der Waals surface area contributed by atoms with Crippen LogP contribution in [0.4, 0.5) is 0 Å². The van der Waals surface area contributed by atoms with Gasteiger partial charge in [-0.25, -0.2) is 0 Å². The monoisotopic (exact) mass is 242 g/mol. The van der Waals surface area contributed by atoms with E-state index in [4.69, 9.17) is 14.6 Å². The molecular weight excluding hydrogens is 216 g/mol. The van der Waals surface area contributed by atoms with Gasteiger partial charge in [0.25, 0.3) is 0 Å². The molecule has 2 unspecified atom stereocenters. The second-order valence-corrected chi connectivity index (χ2v) is 5.93. The quantitative estimate of drug-likeness (QED) is 0.824. The van der Waals surface area contributed by atoms with E-state index in [1.54, 1.807) is 0 Å². The van der Waals surface area contributed by atoms with Gasteiger partial charge >= 0.3 is 0 Å². The molecule has 1 heterocycles. The van der Waals surface area contributed by atoms with Crippen molar-refractivity contribution in [2.45, 2.75) is 70.7 Å². The van der Waals surface area contributed by atoms with E-state index in [0.717, 1.165) is 32.3 Å². The molecule has 3 heteroatoms. The van der Waals surface area contributed by atoms with Crippen LogP contribution in [0.25, 0.3) is 0 Å². The van der Waals surface area contributed by atoms with Gasteiger partial charge in [0, 0.05) is 13.2 Å². The molecule has 1 aliphatic heterocycles. The molecule has 0 bridgehead atoms. The Hall–Kier alpha value is -0.120. The molecular formula is C14H26O3. The molecule has 2 rings (SSSR count).